The summed E-state index contributed by atoms with van der Waals surface area (Å²) in [5, 5.41) is 1.27. The lowest BCUT2D eigenvalue weighted by Gasteiger charge is -2.27. The molecule has 0 spiro atoms. The highest BCUT2D eigenvalue weighted by molar-refractivity contribution is 6.35. The molecular weight excluding hydrogens is 357 g/mol. The molecule has 3 nitrogen and oxygen atoms in total. The van der Waals surface area contributed by atoms with Gasteiger partial charge in [-0.3, -0.25) is 4.79 Å². The molecule has 0 aliphatic carbocycles. The van der Waals surface area contributed by atoms with Crippen LogP contribution < -0.4 is 0 Å². The summed E-state index contributed by atoms with van der Waals surface area (Å²) in [6.45, 7) is 1.78. The molecule has 25 heavy (non-hydrogen) atoms. The van der Waals surface area contributed by atoms with Crippen LogP contribution in [0.15, 0.2) is 54.6 Å². The summed E-state index contributed by atoms with van der Waals surface area (Å²) in [4.78, 5) is 14.1. The van der Waals surface area contributed by atoms with Crippen molar-refractivity contribution in [1.82, 2.24) is 4.90 Å². The largest absolute Gasteiger partial charge is 0.367 e. The predicted octanol–water partition coefficient (Wildman–Crippen LogP) is 4.83. The van der Waals surface area contributed by atoms with Crippen LogP contribution in [-0.4, -0.2) is 30.5 Å². The normalized spacial score (nSPS) is 14.3. The van der Waals surface area contributed by atoms with Crippen molar-refractivity contribution in [3.63, 3.8) is 0 Å². The SMILES string of the molecule is O=C(COCc1ccccc1)N1CC=C(c2ccc(Cl)cc2Cl)CC1. The summed E-state index contributed by atoms with van der Waals surface area (Å²) in [6, 6.07) is 15.3. The summed E-state index contributed by atoms with van der Waals surface area (Å²) in [7, 11) is 0. The van der Waals surface area contributed by atoms with Gasteiger partial charge in [0.05, 0.1) is 6.61 Å². The molecule has 0 bridgehead atoms. The Hall–Kier alpha value is -1.81. The Labute approximate surface area is 157 Å². The van der Waals surface area contributed by atoms with Crippen molar-refractivity contribution in [3.8, 4) is 0 Å². The molecule has 0 unspecified atom stereocenters. The van der Waals surface area contributed by atoms with Gasteiger partial charge < -0.3 is 9.64 Å². The fraction of sp³-hybridized carbons (Fsp3) is 0.250. The van der Waals surface area contributed by atoms with E-state index >= 15 is 0 Å². The highest BCUT2D eigenvalue weighted by Crippen LogP contribution is 2.30. The number of benzene rings is 2. The monoisotopic (exact) mass is 375 g/mol. The van der Waals surface area contributed by atoms with Crippen LogP contribution in [0.25, 0.3) is 5.57 Å². The van der Waals surface area contributed by atoms with Gasteiger partial charge in [-0.25, -0.2) is 0 Å². The van der Waals surface area contributed by atoms with Crippen LogP contribution in [0.3, 0.4) is 0 Å². The van der Waals surface area contributed by atoms with E-state index in [1.54, 1.807) is 11.0 Å². The third kappa shape index (κ3) is 4.85. The first-order chi connectivity index (χ1) is 12.1. The van der Waals surface area contributed by atoms with Crippen LogP contribution >= 0.6 is 23.2 Å². The smallest absolute Gasteiger partial charge is 0.248 e. The van der Waals surface area contributed by atoms with E-state index in [0.717, 1.165) is 23.1 Å². The summed E-state index contributed by atoms with van der Waals surface area (Å²) >= 11 is 12.2. The molecule has 2 aromatic carbocycles. The molecular formula is C20H19Cl2NO2. The molecule has 5 heteroatoms. The molecule has 1 heterocycles. The second-order valence-corrected chi connectivity index (χ2v) is 6.77. The van der Waals surface area contributed by atoms with Crippen molar-refractivity contribution in [1.29, 1.82) is 0 Å². The fourth-order valence-electron chi connectivity index (χ4n) is 2.81. The molecule has 0 radical (unpaired) electrons. The molecule has 0 fully saturated rings. The zero-order valence-corrected chi connectivity index (χ0v) is 15.3. The number of nitrogens with zero attached hydrogens (tertiary/aromatic N) is 1. The quantitative estimate of drug-likeness (QED) is 0.748. The van der Waals surface area contributed by atoms with Gasteiger partial charge in [0.2, 0.25) is 5.91 Å². The van der Waals surface area contributed by atoms with Gasteiger partial charge in [-0.1, -0.05) is 65.7 Å². The van der Waals surface area contributed by atoms with Crippen LogP contribution in [0.1, 0.15) is 17.5 Å². The second kappa shape index (κ2) is 8.52. The van der Waals surface area contributed by atoms with E-state index < -0.39 is 0 Å². The number of carbonyl (C=O) groups is 1. The fourth-order valence-corrected chi connectivity index (χ4v) is 3.34. The third-order valence-corrected chi connectivity index (χ3v) is 4.72. The first kappa shape index (κ1) is 18.0. The Kier molecular flexibility index (Phi) is 6.14. The van der Waals surface area contributed by atoms with Crippen LogP contribution in [0.5, 0.6) is 0 Å². The maximum Gasteiger partial charge on any atom is 0.248 e. The first-order valence-corrected chi connectivity index (χ1v) is 8.93. The predicted molar refractivity (Wildman–Crippen MR) is 102 cm³/mol. The first-order valence-electron chi connectivity index (χ1n) is 8.17. The lowest BCUT2D eigenvalue weighted by atomic mass is 9.99. The third-order valence-electron chi connectivity index (χ3n) is 4.18. The highest BCUT2D eigenvalue weighted by Gasteiger charge is 2.19. The van der Waals surface area contributed by atoms with E-state index in [1.165, 1.54) is 0 Å². The Morgan fingerprint density at radius 1 is 1.12 bits per heavy atom. The van der Waals surface area contributed by atoms with Crippen LogP contribution in [-0.2, 0) is 16.1 Å². The number of ether oxygens (including phenoxy) is 1. The van der Waals surface area contributed by atoms with Gasteiger partial charge >= 0.3 is 0 Å². The van der Waals surface area contributed by atoms with Crippen molar-refractivity contribution in [2.75, 3.05) is 19.7 Å². The Morgan fingerprint density at radius 2 is 1.92 bits per heavy atom. The van der Waals surface area contributed by atoms with Gasteiger partial charge in [0.25, 0.3) is 0 Å². The number of rotatable bonds is 5. The summed E-state index contributed by atoms with van der Waals surface area (Å²) < 4.78 is 5.53. The Morgan fingerprint density at radius 3 is 2.60 bits per heavy atom. The molecule has 0 atom stereocenters. The zero-order valence-electron chi connectivity index (χ0n) is 13.8. The lowest BCUT2D eigenvalue weighted by molar-refractivity contribution is -0.136. The topological polar surface area (TPSA) is 29.5 Å². The highest BCUT2D eigenvalue weighted by atomic mass is 35.5. The maximum atomic E-state index is 12.3. The van der Waals surface area contributed by atoms with Gasteiger partial charge in [0.15, 0.2) is 0 Å². The van der Waals surface area contributed by atoms with E-state index in [0.29, 0.717) is 29.7 Å². The average molecular weight is 376 g/mol. The van der Waals surface area contributed by atoms with Crippen LogP contribution in [0.4, 0.5) is 0 Å². The molecule has 130 valence electrons. The lowest BCUT2D eigenvalue weighted by Crippen LogP contribution is -2.37. The van der Waals surface area contributed by atoms with Crippen LogP contribution in [0, 0.1) is 0 Å². The van der Waals surface area contributed by atoms with Gasteiger partial charge in [-0.15, -0.1) is 0 Å². The minimum atomic E-state index is 0.00781. The molecule has 0 aromatic heterocycles. The molecule has 1 aliphatic heterocycles. The Balaban J connectivity index is 1.52. The standard InChI is InChI=1S/C20H19Cl2NO2/c21-17-6-7-18(19(22)12-17)16-8-10-23(11-9-16)20(24)14-25-13-15-4-2-1-3-5-15/h1-8,12H,9-11,13-14H2. The van der Waals surface area contributed by atoms with Gasteiger partial charge in [0.1, 0.15) is 6.61 Å². The van der Waals surface area contributed by atoms with E-state index in [4.69, 9.17) is 27.9 Å². The van der Waals surface area contributed by atoms with Crippen molar-refractivity contribution >= 4 is 34.7 Å². The molecule has 0 saturated carbocycles. The summed E-state index contributed by atoms with van der Waals surface area (Å²) in [6.07, 6.45) is 2.82. The zero-order chi connectivity index (χ0) is 17.6. The second-order valence-electron chi connectivity index (χ2n) is 5.92. The average Bonchev–Trinajstić information content (AvgIpc) is 2.63. The van der Waals surface area contributed by atoms with Gasteiger partial charge in [-0.05, 0) is 35.3 Å². The van der Waals surface area contributed by atoms with Crippen molar-refractivity contribution in [2.45, 2.75) is 13.0 Å². The molecule has 3 rings (SSSR count). The minimum Gasteiger partial charge on any atom is -0.367 e. The number of hydrogen-bond donors (Lipinski definition) is 0. The van der Waals surface area contributed by atoms with E-state index in [9.17, 15) is 4.79 Å². The van der Waals surface area contributed by atoms with Crippen molar-refractivity contribution in [3.05, 3.63) is 75.8 Å². The minimum absolute atomic E-state index is 0.00781. The molecule has 0 saturated heterocycles. The summed E-state index contributed by atoms with van der Waals surface area (Å²) in [5.41, 5.74) is 3.20. The molecule has 1 amide bonds. The Bertz CT molecular complexity index is 775. The number of amides is 1. The molecule has 2 aromatic rings. The van der Waals surface area contributed by atoms with E-state index in [-0.39, 0.29) is 12.5 Å². The van der Waals surface area contributed by atoms with Crippen molar-refractivity contribution in [2.24, 2.45) is 0 Å². The van der Waals surface area contributed by atoms with Crippen LogP contribution in [0.2, 0.25) is 10.0 Å². The van der Waals surface area contributed by atoms with E-state index in [2.05, 4.69) is 0 Å². The number of halogens is 2. The van der Waals surface area contributed by atoms with Crippen molar-refractivity contribution < 1.29 is 9.53 Å². The number of carbonyl (C=O) groups excluding carboxylic acids is 1. The van der Waals surface area contributed by atoms with Gasteiger partial charge in [-0.2, -0.15) is 0 Å². The van der Waals surface area contributed by atoms with Gasteiger partial charge in [0, 0.05) is 23.1 Å². The molecule has 0 N–H and O–H groups in total. The number of hydrogen-bond acceptors (Lipinski definition) is 2. The maximum absolute atomic E-state index is 12.3. The molecule has 1 aliphatic rings. The van der Waals surface area contributed by atoms with E-state index in [1.807, 2.05) is 48.5 Å². The summed E-state index contributed by atoms with van der Waals surface area (Å²) in [5.74, 6) is 0.00781.